The van der Waals surface area contributed by atoms with Gasteiger partial charge in [-0.25, -0.2) is 4.39 Å². The second-order valence-electron chi connectivity index (χ2n) is 7.64. The second kappa shape index (κ2) is 11.0. The van der Waals surface area contributed by atoms with Crippen molar-refractivity contribution in [3.05, 3.63) is 63.3 Å². The molecule has 0 aromatic heterocycles. The standard InChI is InChI=1S/C23H25BrClFN2O3/c1-15(23(30)27-18-7-3-4-8-18)28(13-16-6-2-5-9-20(16)26)22(29)14-31-21-11-10-17(25)12-19(21)24/h2,5-6,9-12,15,18H,3-4,7-8,13-14H2,1H3,(H,27,30). The Morgan fingerprint density at radius 2 is 1.97 bits per heavy atom. The van der Waals surface area contributed by atoms with Crippen molar-refractivity contribution in [2.75, 3.05) is 6.61 Å². The van der Waals surface area contributed by atoms with Crippen molar-refractivity contribution in [1.29, 1.82) is 0 Å². The van der Waals surface area contributed by atoms with Gasteiger partial charge in [-0.05, 0) is 60.0 Å². The lowest BCUT2D eigenvalue weighted by Gasteiger charge is -2.29. The summed E-state index contributed by atoms with van der Waals surface area (Å²) in [5.74, 6) is -0.639. The third kappa shape index (κ3) is 6.43. The van der Waals surface area contributed by atoms with E-state index in [4.69, 9.17) is 16.3 Å². The summed E-state index contributed by atoms with van der Waals surface area (Å²) in [6, 6.07) is 10.5. The highest BCUT2D eigenvalue weighted by molar-refractivity contribution is 9.10. The normalized spacial score (nSPS) is 14.8. The van der Waals surface area contributed by atoms with E-state index >= 15 is 0 Å². The van der Waals surface area contributed by atoms with Crippen molar-refractivity contribution in [1.82, 2.24) is 10.2 Å². The fourth-order valence-electron chi connectivity index (χ4n) is 3.60. The summed E-state index contributed by atoms with van der Waals surface area (Å²) in [5, 5.41) is 3.55. The number of rotatable bonds is 8. The van der Waals surface area contributed by atoms with Crippen LogP contribution in [0.3, 0.4) is 0 Å². The molecule has 0 saturated heterocycles. The lowest BCUT2D eigenvalue weighted by atomic mass is 10.1. The Labute approximate surface area is 195 Å². The van der Waals surface area contributed by atoms with Crippen LogP contribution in [0.4, 0.5) is 4.39 Å². The molecule has 2 aromatic rings. The summed E-state index contributed by atoms with van der Waals surface area (Å²) in [5.41, 5.74) is 0.337. The zero-order valence-corrected chi connectivity index (χ0v) is 19.6. The van der Waals surface area contributed by atoms with Crippen LogP contribution in [-0.2, 0) is 16.1 Å². The van der Waals surface area contributed by atoms with Crippen LogP contribution in [0.25, 0.3) is 0 Å². The molecule has 1 fully saturated rings. The van der Waals surface area contributed by atoms with E-state index in [9.17, 15) is 14.0 Å². The molecule has 1 atom stereocenters. The first-order valence-corrected chi connectivity index (χ1v) is 11.4. The minimum absolute atomic E-state index is 0.0318. The van der Waals surface area contributed by atoms with Gasteiger partial charge in [0.2, 0.25) is 5.91 Å². The summed E-state index contributed by atoms with van der Waals surface area (Å²) in [6.45, 7) is 1.33. The van der Waals surface area contributed by atoms with E-state index in [0.717, 1.165) is 25.7 Å². The number of ether oxygens (including phenoxy) is 1. The maximum absolute atomic E-state index is 14.3. The summed E-state index contributed by atoms with van der Waals surface area (Å²) < 4.78 is 20.5. The molecule has 1 aliphatic rings. The van der Waals surface area contributed by atoms with E-state index in [1.165, 1.54) is 11.0 Å². The smallest absolute Gasteiger partial charge is 0.261 e. The van der Waals surface area contributed by atoms with Gasteiger partial charge in [0.1, 0.15) is 17.6 Å². The van der Waals surface area contributed by atoms with Crippen molar-refractivity contribution in [3.63, 3.8) is 0 Å². The van der Waals surface area contributed by atoms with Crippen LogP contribution in [0.15, 0.2) is 46.9 Å². The molecule has 2 amide bonds. The number of halogens is 3. The SMILES string of the molecule is CC(C(=O)NC1CCCC1)N(Cc1ccccc1F)C(=O)COc1ccc(Cl)cc1Br. The van der Waals surface area contributed by atoms with E-state index in [-0.39, 0.29) is 25.1 Å². The average molecular weight is 512 g/mol. The lowest BCUT2D eigenvalue weighted by Crippen LogP contribution is -2.50. The molecular formula is C23H25BrClFN2O3. The van der Waals surface area contributed by atoms with Crippen LogP contribution in [0, 0.1) is 5.82 Å². The topological polar surface area (TPSA) is 58.6 Å². The van der Waals surface area contributed by atoms with Gasteiger partial charge in [-0.15, -0.1) is 0 Å². The molecule has 5 nitrogen and oxygen atoms in total. The van der Waals surface area contributed by atoms with Gasteiger partial charge >= 0.3 is 0 Å². The number of hydrogen-bond acceptors (Lipinski definition) is 3. The van der Waals surface area contributed by atoms with E-state index in [0.29, 0.717) is 20.8 Å². The van der Waals surface area contributed by atoms with Crippen molar-refractivity contribution in [2.45, 2.75) is 51.2 Å². The molecule has 0 aliphatic heterocycles. The monoisotopic (exact) mass is 510 g/mol. The predicted octanol–water partition coefficient (Wildman–Crippen LogP) is 5.10. The summed E-state index contributed by atoms with van der Waals surface area (Å²) >= 11 is 9.29. The van der Waals surface area contributed by atoms with Crippen LogP contribution >= 0.6 is 27.5 Å². The molecule has 166 valence electrons. The molecule has 1 saturated carbocycles. The maximum atomic E-state index is 14.3. The Morgan fingerprint density at radius 3 is 2.65 bits per heavy atom. The number of hydrogen-bond donors (Lipinski definition) is 1. The Hall–Kier alpha value is -2.12. The molecule has 31 heavy (non-hydrogen) atoms. The Bertz CT molecular complexity index is 937. The number of benzene rings is 2. The fourth-order valence-corrected chi connectivity index (χ4v) is 4.40. The van der Waals surface area contributed by atoms with Gasteiger partial charge in [0.25, 0.3) is 5.91 Å². The molecule has 0 bridgehead atoms. The molecule has 1 aliphatic carbocycles. The van der Waals surface area contributed by atoms with Gasteiger partial charge < -0.3 is 15.0 Å². The van der Waals surface area contributed by atoms with E-state index in [1.54, 1.807) is 43.3 Å². The average Bonchev–Trinajstić information content (AvgIpc) is 3.25. The highest BCUT2D eigenvalue weighted by Crippen LogP contribution is 2.28. The zero-order chi connectivity index (χ0) is 22.4. The van der Waals surface area contributed by atoms with Crippen LogP contribution in [-0.4, -0.2) is 35.4 Å². The van der Waals surface area contributed by atoms with Crippen LogP contribution in [0.1, 0.15) is 38.2 Å². The maximum Gasteiger partial charge on any atom is 0.261 e. The van der Waals surface area contributed by atoms with Gasteiger partial charge in [-0.3, -0.25) is 9.59 Å². The van der Waals surface area contributed by atoms with Gasteiger partial charge in [0.15, 0.2) is 6.61 Å². The quantitative estimate of drug-likeness (QED) is 0.537. The number of carbonyl (C=O) groups excluding carboxylic acids is 2. The summed E-state index contributed by atoms with van der Waals surface area (Å²) in [6.07, 6.45) is 4.04. The predicted molar refractivity (Wildman–Crippen MR) is 121 cm³/mol. The van der Waals surface area contributed by atoms with Crippen molar-refractivity contribution in [2.24, 2.45) is 0 Å². The van der Waals surface area contributed by atoms with Crippen LogP contribution in [0.2, 0.25) is 5.02 Å². The fraction of sp³-hybridized carbons (Fsp3) is 0.391. The first-order chi connectivity index (χ1) is 14.8. The largest absolute Gasteiger partial charge is 0.483 e. The van der Waals surface area contributed by atoms with E-state index < -0.39 is 17.8 Å². The van der Waals surface area contributed by atoms with Crippen molar-refractivity contribution >= 4 is 39.3 Å². The Kier molecular flexibility index (Phi) is 8.32. The molecule has 1 unspecified atom stereocenters. The van der Waals surface area contributed by atoms with Crippen LogP contribution in [0.5, 0.6) is 5.75 Å². The Balaban J connectivity index is 1.74. The molecule has 0 heterocycles. The zero-order valence-electron chi connectivity index (χ0n) is 17.2. The van der Waals surface area contributed by atoms with E-state index in [2.05, 4.69) is 21.2 Å². The third-order valence-electron chi connectivity index (χ3n) is 5.41. The number of nitrogens with one attached hydrogen (secondary N) is 1. The van der Waals surface area contributed by atoms with Crippen molar-refractivity contribution in [3.8, 4) is 5.75 Å². The first kappa shape index (κ1) is 23.5. The number of carbonyl (C=O) groups is 2. The van der Waals surface area contributed by atoms with Crippen molar-refractivity contribution < 1.29 is 18.7 Å². The number of amides is 2. The summed E-state index contributed by atoms with van der Waals surface area (Å²) in [4.78, 5) is 27.2. The molecule has 3 rings (SSSR count). The summed E-state index contributed by atoms with van der Waals surface area (Å²) in [7, 11) is 0. The minimum atomic E-state index is -0.773. The van der Waals surface area contributed by atoms with Gasteiger partial charge in [-0.1, -0.05) is 42.6 Å². The molecule has 1 N–H and O–H groups in total. The molecular weight excluding hydrogens is 487 g/mol. The molecule has 2 aromatic carbocycles. The lowest BCUT2D eigenvalue weighted by molar-refractivity contribution is -0.142. The van der Waals surface area contributed by atoms with Crippen LogP contribution < -0.4 is 10.1 Å². The Morgan fingerprint density at radius 1 is 1.26 bits per heavy atom. The third-order valence-corrected chi connectivity index (χ3v) is 6.27. The van der Waals surface area contributed by atoms with E-state index in [1.807, 2.05) is 0 Å². The van der Waals surface area contributed by atoms with Gasteiger partial charge in [-0.2, -0.15) is 0 Å². The minimum Gasteiger partial charge on any atom is -0.483 e. The molecule has 0 radical (unpaired) electrons. The first-order valence-electron chi connectivity index (χ1n) is 10.3. The number of nitrogens with zero attached hydrogens (tertiary/aromatic N) is 1. The highest BCUT2D eigenvalue weighted by Gasteiger charge is 2.29. The van der Waals surface area contributed by atoms with Gasteiger partial charge in [0, 0.05) is 23.2 Å². The highest BCUT2D eigenvalue weighted by atomic mass is 79.9. The van der Waals surface area contributed by atoms with Gasteiger partial charge in [0.05, 0.1) is 4.47 Å². The molecule has 8 heteroatoms. The molecule has 0 spiro atoms. The second-order valence-corrected chi connectivity index (χ2v) is 8.93.